The van der Waals surface area contributed by atoms with Crippen LogP contribution in [-0.2, 0) is 0 Å². The summed E-state index contributed by atoms with van der Waals surface area (Å²) in [6, 6.07) is 10.1. The van der Waals surface area contributed by atoms with E-state index in [9.17, 15) is 8.78 Å². The van der Waals surface area contributed by atoms with Crippen LogP contribution in [0.2, 0.25) is 0 Å². The summed E-state index contributed by atoms with van der Waals surface area (Å²) in [4.78, 5) is 0. The van der Waals surface area contributed by atoms with Crippen LogP contribution in [0.15, 0.2) is 39.3 Å². The lowest BCUT2D eigenvalue weighted by Crippen LogP contribution is -1.97. The summed E-state index contributed by atoms with van der Waals surface area (Å²) in [7, 11) is 0. The molecule has 18 heavy (non-hydrogen) atoms. The molecule has 0 spiro atoms. The molecule has 0 amide bonds. The highest BCUT2D eigenvalue weighted by Crippen LogP contribution is 2.38. The molecule has 0 aliphatic heterocycles. The third-order valence-electron chi connectivity index (χ3n) is 2.44. The van der Waals surface area contributed by atoms with Gasteiger partial charge in [-0.2, -0.15) is 5.26 Å². The first-order valence-electron chi connectivity index (χ1n) is 4.89. The minimum atomic E-state index is -0.779. The highest BCUT2D eigenvalue weighted by atomic mass is 79.9. The van der Waals surface area contributed by atoms with Crippen LogP contribution in [0.5, 0.6) is 0 Å². The first-order chi connectivity index (χ1) is 8.57. The van der Waals surface area contributed by atoms with E-state index in [0.29, 0.717) is 5.56 Å². The third-order valence-corrected chi connectivity index (χ3v) is 3.93. The lowest BCUT2D eigenvalue weighted by Gasteiger charge is -2.10. The Bertz CT molecular complexity index is 619. The molecular weight excluding hydrogens is 368 g/mol. The molecule has 1 nitrogen and oxygen atoms in total. The molecule has 0 radical (unpaired) electrons. The normalized spacial score (nSPS) is 10.2. The number of hydrogen-bond acceptors (Lipinski definition) is 1. The minimum Gasteiger partial charge on any atom is -0.205 e. The van der Waals surface area contributed by atoms with E-state index in [1.165, 1.54) is 0 Å². The summed E-state index contributed by atoms with van der Waals surface area (Å²) < 4.78 is 28.1. The molecule has 0 fully saturated rings. The Balaban J connectivity index is 2.83. The Labute approximate surface area is 119 Å². The molecule has 0 aromatic heterocycles. The predicted molar refractivity (Wildman–Crippen MR) is 71.9 cm³/mol. The molecule has 2 aromatic carbocycles. The van der Waals surface area contributed by atoms with Gasteiger partial charge in [-0.05, 0) is 37.4 Å². The maximum atomic E-state index is 14.1. The van der Waals surface area contributed by atoms with Crippen LogP contribution in [0.25, 0.3) is 11.1 Å². The first kappa shape index (κ1) is 13.2. The van der Waals surface area contributed by atoms with Gasteiger partial charge in [0.15, 0.2) is 0 Å². The lowest BCUT2D eigenvalue weighted by molar-refractivity contribution is 0.580. The zero-order chi connectivity index (χ0) is 13.3. The van der Waals surface area contributed by atoms with Gasteiger partial charge in [0, 0.05) is 0 Å². The topological polar surface area (TPSA) is 23.8 Å². The number of nitriles is 1. The molecule has 2 rings (SSSR count). The average Bonchev–Trinajstić information content (AvgIpc) is 2.39. The van der Waals surface area contributed by atoms with Crippen molar-refractivity contribution < 1.29 is 8.78 Å². The molecule has 0 saturated carbocycles. The molecule has 0 saturated heterocycles. The third kappa shape index (κ3) is 2.06. The number of halogens is 4. The van der Waals surface area contributed by atoms with Gasteiger partial charge in [-0.15, -0.1) is 0 Å². The van der Waals surface area contributed by atoms with Crippen LogP contribution in [0.3, 0.4) is 0 Å². The smallest absolute Gasteiger partial charge is 0.149 e. The van der Waals surface area contributed by atoms with Crippen molar-refractivity contribution in [3.63, 3.8) is 0 Å². The van der Waals surface area contributed by atoms with Crippen molar-refractivity contribution in [2.45, 2.75) is 0 Å². The molecule has 0 bridgehead atoms. The molecule has 2 aromatic rings. The second-order valence-electron chi connectivity index (χ2n) is 3.48. The SMILES string of the molecule is N#Cc1c(Br)c(F)c(-c2ccccc2)c(F)c1Br. The van der Waals surface area contributed by atoms with Crippen molar-refractivity contribution in [3.05, 3.63) is 56.5 Å². The van der Waals surface area contributed by atoms with E-state index in [1.54, 1.807) is 36.4 Å². The fourth-order valence-corrected chi connectivity index (χ4v) is 2.82. The number of rotatable bonds is 1. The number of hydrogen-bond donors (Lipinski definition) is 0. The minimum absolute atomic E-state index is 0.0443. The second-order valence-corrected chi connectivity index (χ2v) is 5.07. The number of benzene rings is 2. The van der Waals surface area contributed by atoms with Crippen LogP contribution in [0.4, 0.5) is 8.78 Å². The molecule has 0 atom stereocenters. The quantitative estimate of drug-likeness (QED) is 0.644. The average molecular weight is 373 g/mol. The Hall–Kier alpha value is -1.25. The van der Waals surface area contributed by atoms with Gasteiger partial charge in [0.25, 0.3) is 0 Å². The summed E-state index contributed by atoms with van der Waals surface area (Å²) >= 11 is 5.96. The fourth-order valence-electron chi connectivity index (χ4n) is 1.59. The summed E-state index contributed by atoms with van der Waals surface area (Å²) in [6.45, 7) is 0. The Morgan fingerprint density at radius 2 is 1.44 bits per heavy atom. The lowest BCUT2D eigenvalue weighted by atomic mass is 10.0. The van der Waals surface area contributed by atoms with Gasteiger partial charge in [-0.25, -0.2) is 8.78 Å². The summed E-state index contributed by atoms with van der Waals surface area (Å²) in [5, 5.41) is 8.87. The van der Waals surface area contributed by atoms with E-state index in [1.807, 2.05) is 0 Å². The monoisotopic (exact) mass is 371 g/mol. The van der Waals surface area contributed by atoms with E-state index < -0.39 is 11.6 Å². The van der Waals surface area contributed by atoms with Gasteiger partial charge >= 0.3 is 0 Å². The van der Waals surface area contributed by atoms with Gasteiger partial charge in [-0.1, -0.05) is 30.3 Å². The predicted octanol–water partition coefficient (Wildman–Crippen LogP) is 5.03. The van der Waals surface area contributed by atoms with Crippen LogP contribution >= 0.6 is 31.9 Å². The van der Waals surface area contributed by atoms with Gasteiger partial charge in [0.2, 0.25) is 0 Å². The highest BCUT2D eigenvalue weighted by molar-refractivity contribution is 9.11. The largest absolute Gasteiger partial charge is 0.205 e. The zero-order valence-electron chi connectivity index (χ0n) is 8.85. The molecule has 0 heterocycles. The standard InChI is InChI=1S/C13H5Br2F2N/c14-10-8(6-18)11(15)13(17)9(12(10)16)7-4-2-1-3-5-7/h1-5H. The second kappa shape index (κ2) is 5.17. The van der Waals surface area contributed by atoms with Crippen molar-refractivity contribution in [2.24, 2.45) is 0 Å². The van der Waals surface area contributed by atoms with Gasteiger partial charge in [0.1, 0.15) is 17.7 Å². The van der Waals surface area contributed by atoms with Gasteiger partial charge < -0.3 is 0 Å². The van der Waals surface area contributed by atoms with E-state index in [-0.39, 0.29) is 20.1 Å². The zero-order valence-corrected chi connectivity index (χ0v) is 12.0. The van der Waals surface area contributed by atoms with E-state index in [2.05, 4.69) is 31.9 Å². The van der Waals surface area contributed by atoms with Crippen molar-refractivity contribution >= 4 is 31.9 Å². The van der Waals surface area contributed by atoms with Crippen molar-refractivity contribution in [3.8, 4) is 17.2 Å². The van der Waals surface area contributed by atoms with Crippen LogP contribution in [-0.4, -0.2) is 0 Å². The van der Waals surface area contributed by atoms with E-state index >= 15 is 0 Å². The molecular formula is C13H5Br2F2N. The van der Waals surface area contributed by atoms with Gasteiger partial charge in [0.05, 0.1) is 20.1 Å². The molecule has 5 heteroatoms. The van der Waals surface area contributed by atoms with E-state index in [0.717, 1.165) is 0 Å². The van der Waals surface area contributed by atoms with Crippen molar-refractivity contribution in [1.82, 2.24) is 0 Å². The van der Waals surface area contributed by atoms with Crippen molar-refractivity contribution in [1.29, 1.82) is 5.26 Å². The summed E-state index contributed by atoms with van der Waals surface area (Å²) in [5.41, 5.74) is 0.163. The van der Waals surface area contributed by atoms with Crippen LogP contribution in [0.1, 0.15) is 5.56 Å². The first-order valence-corrected chi connectivity index (χ1v) is 6.48. The van der Waals surface area contributed by atoms with Crippen LogP contribution in [0, 0.1) is 23.0 Å². The fraction of sp³-hybridized carbons (Fsp3) is 0. The Kier molecular flexibility index (Phi) is 3.79. The van der Waals surface area contributed by atoms with Crippen molar-refractivity contribution in [2.75, 3.05) is 0 Å². The van der Waals surface area contributed by atoms with E-state index in [4.69, 9.17) is 5.26 Å². The molecule has 0 aliphatic rings. The Morgan fingerprint density at radius 3 is 1.89 bits per heavy atom. The number of nitrogens with zero attached hydrogens (tertiary/aromatic N) is 1. The molecule has 0 unspecified atom stereocenters. The summed E-state index contributed by atoms with van der Waals surface area (Å²) in [5.74, 6) is -1.56. The molecule has 0 aliphatic carbocycles. The van der Waals surface area contributed by atoms with Crippen LogP contribution < -0.4 is 0 Å². The molecule has 0 N–H and O–H groups in total. The van der Waals surface area contributed by atoms with Gasteiger partial charge in [-0.3, -0.25) is 0 Å². The maximum Gasteiger partial charge on any atom is 0.149 e. The molecule has 90 valence electrons. The Morgan fingerprint density at radius 1 is 0.944 bits per heavy atom. The highest BCUT2D eigenvalue weighted by Gasteiger charge is 2.22. The maximum absolute atomic E-state index is 14.1. The summed E-state index contributed by atoms with van der Waals surface area (Å²) in [6.07, 6.45) is 0.